The van der Waals surface area contributed by atoms with Gasteiger partial charge in [0.1, 0.15) is 6.07 Å². The van der Waals surface area contributed by atoms with Crippen molar-refractivity contribution < 1.29 is 14.6 Å². The van der Waals surface area contributed by atoms with Crippen molar-refractivity contribution in [3.05, 3.63) is 23.3 Å². The van der Waals surface area contributed by atoms with Crippen molar-refractivity contribution in [3.63, 3.8) is 0 Å². The second-order valence-corrected chi connectivity index (χ2v) is 4.76. The van der Waals surface area contributed by atoms with Crippen LogP contribution in [0.5, 0.6) is 11.5 Å². The summed E-state index contributed by atoms with van der Waals surface area (Å²) in [5, 5.41) is 18.6. The molecule has 0 aromatic heterocycles. The van der Waals surface area contributed by atoms with Gasteiger partial charge in [-0.15, -0.1) is 0 Å². The molecule has 4 nitrogen and oxygen atoms in total. The van der Waals surface area contributed by atoms with Crippen LogP contribution in [0.2, 0.25) is 0 Å². The van der Waals surface area contributed by atoms with Gasteiger partial charge >= 0.3 is 0 Å². The maximum absolute atomic E-state index is 12.1. The first kappa shape index (κ1) is 13.0. The maximum Gasteiger partial charge on any atom is 0.169 e. The Morgan fingerprint density at radius 3 is 2.41 bits per heavy atom. The molecule has 1 rings (SSSR count). The van der Waals surface area contributed by atoms with Crippen LogP contribution in [-0.2, 0) is 0 Å². The molecular weight excluding hydrogens is 218 g/mol. The summed E-state index contributed by atoms with van der Waals surface area (Å²) in [7, 11) is 1.39. The first-order chi connectivity index (χ1) is 7.81. The van der Waals surface area contributed by atoms with E-state index in [1.807, 2.05) is 6.07 Å². The van der Waals surface area contributed by atoms with Gasteiger partial charge in [0, 0.05) is 17.0 Å². The third kappa shape index (κ3) is 2.56. The molecule has 1 N–H and O–H groups in total. The highest BCUT2D eigenvalue weighted by Crippen LogP contribution is 2.32. The Balaban J connectivity index is 3.41. The first-order valence-electron chi connectivity index (χ1n) is 5.17. The number of rotatable bonds is 2. The molecule has 1 aromatic carbocycles. The number of ether oxygens (including phenoxy) is 1. The summed E-state index contributed by atoms with van der Waals surface area (Å²) in [5.41, 5.74) is -0.176. The van der Waals surface area contributed by atoms with E-state index in [0.29, 0.717) is 0 Å². The van der Waals surface area contributed by atoms with Crippen LogP contribution in [0.25, 0.3) is 0 Å². The fraction of sp³-hybridized carbons (Fsp3) is 0.385. The van der Waals surface area contributed by atoms with E-state index >= 15 is 0 Å². The van der Waals surface area contributed by atoms with Crippen LogP contribution in [0.3, 0.4) is 0 Å². The molecule has 0 atom stereocenters. The monoisotopic (exact) mass is 233 g/mol. The van der Waals surface area contributed by atoms with Crippen molar-refractivity contribution in [3.8, 4) is 17.6 Å². The third-order valence-electron chi connectivity index (χ3n) is 2.37. The number of carbonyl (C=O) groups is 1. The summed E-state index contributed by atoms with van der Waals surface area (Å²) in [4.78, 5) is 12.1. The zero-order chi connectivity index (χ0) is 13.2. The minimum Gasteiger partial charge on any atom is -0.504 e. The molecule has 0 amide bonds. The number of nitriles is 1. The predicted molar refractivity (Wildman–Crippen MR) is 63.2 cm³/mol. The van der Waals surface area contributed by atoms with Crippen LogP contribution in [0, 0.1) is 16.7 Å². The lowest BCUT2D eigenvalue weighted by Crippen LogP contribution is -2.21. The Morgan fingerprint density at radius 1 is 1.41 bits per heavy atom. The highest BCUT2D eigenvalue weighted by atomic mass is 16.5. The average Bonchev–Trinajstić information content (AvgIpc) is 2.26. The smallest absolute Gasteiger partial charge is 0.169 e. The van der Waals surface area contributed by atoms with Crippen molar-refractivity contribution in [2.75, 3.05) is 7.11 Å². The fourth-order valence-corrected chi connectivity index (χ4v) is 1.42. The highest BCUT2D eigenvalue weighted by molar-refractivity contribution is 6.02. The van der Waals surface area contributed by atoms with E-state index < -0.39 is 5.41 Å². The average molecular weight is 233 g/mol. The van der Waals surface area contributed by atoms with Crippen LogP contribution in [0.4, 0.5) is 0 Å². The lowest BCUT2D eigenvalue weighted by atomic mass is 9.84. The van der Waals surface area contributed by atoms with Gasteiger partial charge in [0.2, 0.25) is 0 Å². The highest BCUT2D eigenvalue weighted by Gasteiger charge is 2.26. The predicted octanol–water partition coefficient (Wildman–Crippen LogP) is 2.50. The van der Waals surface area contributed by atoms with Crippen molar-refractivity contribution in [2.24, 2.45) is 5.41 Å². The molecule has 0 heterocycles. The summed E-state index contributed by atoms with van der Waals surface area (Å²) in [6.07, 6.45) is 0. The topological polar surface area (TPSA) is 70.3 Å². The fourth-order valence-electron chi connectivity index (χ4n) is 1.42. The molecule has 4 heteroatoms. The molecule has 0 aliphatic rings. The van der Waals surface area contributed by atoms with E-state index in [1.165, 1.54) is 19.2 Å². The number of nitrogens with zero attached hydrogens (tertiary/aromatic N) is 1. The van der Waals surface area contributed by atoms with Gasteiger partial charge in [0.15, 0.2) is 17.3 Å². The number of phenolic OH excluding ortho intramolecular Hbond substituents is 1. The van der Waals surface area contributed by atoms with Crippen LogP contribution >= 0.6 is 0 Å². The van der Waals surface area contributed by atoms with Crippen LogP contribution in [0.15, 0.2) is 12.1 Å². The van der Waals surface area contributed by atoms with Crippen LogP contribution in [-0.4, -0.2) is 18.0 Å². The quantitative estimate of drug-likeness (QED) is 0.797. The van der Waals surface area contributed by atoms with Crippen LogP contribution in [0.1, 0.15) is 36.7 Å². The van der Waals surface area contributed by atoms with E-state index in [1.54, 1.807) is 20.8 Å². The summed E-state index contributed by atoms with van der Waals surface area (Å²) >= 11 is 0. The molecule has 0 bridgehead atoms. The zero-order valence-electron chi connectivity index (χ0n) is 10.4. The summed E-state index contributed by atoms with van der Waals surface area (Å²) < 4.78 is 4.90. The molecular formula is C13H15NO3. The molecule has 17 heavy (non-hydrogen) atoms. The number of methoxy groups -OCH3 is 1. The van der Waals surface area contributed by atoms with Gasteiger partial charge in [-0.3, -0.25) is 4.79 Å². The molecule has 0 fully saturated rings. The number of phenols is 1. The standard InChI is InChI=1S/C13H15NO3/c1-13(2,3)12(16)9-6-10(15)11(17-4)5-8(9)7-14/h5-6,15H,1-4H3. The molecule has 0 radical (unpaired) electrons. The number of ketones is 1. The van der Waals surface area contributed by atoms with Crippen molar-refractivity contribution in [1.29, 1.82) is 5.26 Å². The Bertz CT molecular complexity index is 493. The van der Waals surface area contributed by atoms with Gasteiger partial charge in [-0.1, -0.05) is 20.8 Å². The molecule has 0 unspecified atom stereocenters. The number of hydrogen-bond acceptors (Lipinski definition) is 4. The summed E-state index contributed by atoms with van der Waals surface area (Å²) in [6.45, 7) is 5.29. The second-order valence-electron chi connectivity index (χ2n) is 4.76. The maximum atomic E-state index is 12.1. The van der Waals surface area contributed by atoms with Crippen molar-refractivity contribution in [1.82, 2.24) is 0 Å². The number of Topliss-reactive ketones (excluding diaryl/α,β-unsaturated/α-hetero) is 1. The molecule has 0 saturated carbocycles. The molecule has 0 spiro atoms. The van der Waals surface area contributed by atoms with Gasteiger partial charge in [0.25, 0.3) is 0 Å². The van der Waals surface area contributed by atoms with Gasteiger partial charge in [-0.05, 0) is 6.07 Å². The van der Waals surface area contributed by atoms with E-state index in [-0.39, 0.29) is 28.4 Å². The molecule has 0 saturated heterocycles. The second kappa shape index (κ2) is 4.46. The third-order valence-corrected chi connectivity index (χ3v) is 2.37. The summed E-state index contributed by atoms with van der Waals surface area (Å²) in [6, 6.07) is 4.59. The SMILES string of the molecule is COc1cc(C#N)c(C(=O)C(C)(C)C)cc1O. The minimum atomic E-state index is -0.605. The van der Waals surface area contributed by atoms with E-state index in [0.717, 1.165) is 0 Å². The largest absolute Gasteiger partial charge is 0.504 e. The van der Waals surface area contributed by atoms with Gasteiger partial charge in [-0.2, -0.15) is 5.26 Å². The van der Waals surface area contributed by atoms with Gasteiger partial charge < -0.3 is 9.84 Å². The number of aromatic hydroxyl groups is 1. The lowest BCUT2D eigenvalue weighted by Gasteiger charge is -2.18. The van der Waals surface area contributed by atoms with Crippen molar-refractivity contribution >= 4 is 5.78 Å². The number of carbonyl (C=O) groups excluding carboxylic acids is 1. The normalized spacial score (nSPS) is 10.8. The van der Waals surface area contributed by atoms with Gasteiger partial charge in [0.05, 0.1) is 12.7 Å². The molecule has 1 aromatic rings. The Morgan fingerprint density at radius 2 is 2.00 bits per heavy atom. The molecule has 0 aliphatic heterocycles. The molecule has 90 valence electrons. The zero-order valence-corrected chi connectivity index (χ0v) is 10.4. The van der Waals surface area contributed by atoms with E-state index in [9.17, 15) is 9.90 Å². The first-order valence-corrected chi connectivity index (χ1v) is 5.17. The van der Waals surface area contributed by atoms with Crippen molar-refractivity contribution in [2.45, 2.75) is 20.8 Å². The van der Waals surface area contributed by atoms with Crippen LogP contribution < -0.4 is 4.74 Å². The summed E-state index contributed by atoms with van der Waals surface area (Å²) in [5.74, 6) is -0.141. The lowest BCUT2D eigenvalue weighted by molar-refractivity contribution is 0.0857. The number of hydrogen-bond donors (Lipinski definition) is 1. The Labute approximate surface area is 100 Å². The van der Waals surface area contributed by atoms with Gasteiger partial charge in [-0.25, -0.2) is 0 Å². The van der Waals surface area contributed by atoms with E-state index in [2.05, 4.69) is 0 Å². The number of benzene rings is 1. The Kier molecular flexibility index (Phi) is 3.42. The minimum absolute atomic E-state index is 0.140. The van der Waals surface area contributed by atoms with E-state index in [4.69, 9.17) is 10.00 Å². The molecule has 0 aliphatic carbocycles. The Hall–Kier alpha value is -2.02.